The highest BCUT2D eigenvalue weighted by atomic mass is 15.2. The molecule has 2 aliphatic heterocycles. The molecule has 16 aromatic carbocycles. The van der Waals surface area contributed by atoms with E-state index in [2.05, 4.69) is 249 Å². The topological polar surface area (TPSA) is 21.3 Å². The average molecular weight is 1540 g/mol. The Hall–Kier alpha value is -13.4. The number of rotatable bonds is 10. The third-order valence-corrected chi connectivity index (χ3v) is 24.0. The lowest BCUT2D eigenvalue weighted by Crippen LogP contribution is -2.61. The van der Waals surface area contributed by atoms with Gasteiger partial charge in [0, 0.05) is 94.4 Å². The third-order valence-electron chi connectivity index (χ3n) is 24.0. The summed E-state index contributed by atoms with van der Waals surface area (Å²) in [5, 5.41) is 0.771. The van der Waals surface area contributed by atoms with Crippen LogP contribution in [0.15, 0.2) is 351 Å². The fourth-order valence-corrected chi connectivity index (χ4v) is 18.0. The normalized spacial score (nSPS) is 15.4. The fourth-order valence-electron chi connectivity index (χ4n) is 18.0. The van der Waals surface area contributed by atoms with E-state index < -0.39 is 128 Å². The van der Waals surface area contributed by atoms with Crippen LogP contribution < -0.4 is 26.2 Å². The zero-order valence-electron chi connectivity index (χ0n) is 87.8. The number of aromatic nitrogens is 3. The molecule has 0 spiro atoms. The van der Waals surface area contributed by atoms with Gasteiger partial charge in [-0.25, -0.2) is 0 Å². The molecule has 3 aromatic heterocycles. The summed E-state index contributed by atoms with van der Waals surface area (Å²) in [7, 11) is 0. The maximum Gasteiger partial charge on any atom is 0.252 e. The van der Waals surface area contributed by atoms with Crippen molar-refractivity contribution in [1.29, 1.82) is 0 Å². The number of hydrogen-bond acceptors (Lipinski definition) is 2. The second-order valence-corrected chi connectivity index (χ2v) is 35.4. The number of para-hydroxylation sites is 8. The van der Waals surface area contributed by atoms with E-state index in [-0.39, 0.29) is 98.9 Å². The highest BCUT2D eigenvalue weighted by molar-refractivity contribution is 7.00. The van der Waals surface area contributed by atoms with Crippen LogP contribution in [0.3, 0.4) is 0 Å². The molecule has 6 heteroatoms. The van der Waals surface area contributed by atoms with Gasteiger partial charge in [-0.1, -0.05) is 344 Å². The molecule has 0 atom stereocenters. The van der Waals surface area contributed by atoms with Gasteiger partial charge in [-0.15, -0.1) is 0 Å². The Morgan fingerprint density at radius 2 is 0.568 bits per heavy atom. The van der Waals surface area contributed by atoms with Gasteiger partial charge in [0.2, 0.25) is 0 Å². The summed E-state index contributed by atoms with van der Waals surface area (Å²) in [5.74, 6) is 0. The first-order valence-corrected chi connectivity index (χ1v) is 40.3. The van der Waals surface area contributed by atoms with Crippen LogP contribution in [0.2, 0.25) is 0 Å². The lowest BCUT2D eigenvalue weighted by Gasteiger charge is -2.46. The molecule has 0 radical (unpaired) electrons. The van der Waals surface area contributed by atoms with Crippen molar-refractivity contribution in [3.63, 3.8) is 0 Å². The zero-order chi connectivity index (χ0) is 97.8. The largest absolute Gasteiger partial charge is 0.310 e. The van der Waals surface area contributed by atoms with Crippen molar-refractivity contribution in [1.82, 2.24) is 13.7 Å². The Labute approximate surface area is 721 Å². The second kappa shape index (κ2) is 27.1. The fraction of sp³-hybridized carbons (Fsp3) is 0.143. The van der Waals surface area contributed by atoms with Crippen molar-refractivity contribution in [2.75, 3.05) is 9.80 Å². The van der Waals surface area contributed by atoms with Gasteiger partial charge in [0.1, 0.15) is 0 Å². The van der Waals surface area contributed by atoms with Crippen LogP contribution in [0.25, 0.3) is 138 Å². The molecule has 0 saturated carbocycles. The van der Waals surface area contributed by atoms with Crippen LogP contribution in [-0.2, 0) is 21.7 Å². The van der Waals surface area contributed by atoms with Gasteiger partial charge in [-0.2, -0.15) is 0 Å². The van der Waals surface area contributed by atoms with E-state index in [1.165, 1.54) is 9.13 Å². The van der Waals surface area contributed by atoms with Crippen LogP contribution >= 0.6 is 0 Å². The van der Waals surface area contributed by atoms with Gasteiger partial charge < -0.3 is 23.5 Å². The van der Waals surface area contributed by atoms with Gasteiger partial charge in [-0.05, 0) is 185 Å². The second-order valence-electron chi connectivity index (χ2n) is 35.4. The molecule has 0 fully saturated rings. The molecule has 19 aromatic rings. The Morgan fingerprint density at radius 3 is 0.941 bits per heavy atom. The lowest BCUT2D eigenvalue weighted by molar-refractivity contribution is 0.590. The van der Waals surface area contributed by atoms with E-state index in [1.807, 2.05) is 66.7 Å². The van der Waals surface area contributed by atoms with E-state index in [4.69, 9.17) is 0 Å². The van der Waals surface area contributed by atoms with E-state index in [0.717, 1.165) is 72.0 Å². The minimum absolute atomic E-state index is 0.0718. The van der Waals surface area contributed by atoms with Crippen LogP contribution in [0.1, 0.15) is 133 Å². The number of benzene rings is 16. The monoisotopic (exact) mass is 1540 g/mol. The van der Waals surface area contributed by atoms with E-state index in [1.54, 1.807) is 12.1 Å². The Bertz CT molecular complexity index is 7810. The maximum atomic E-state index is 11.7. The molecule has 118 heavy (non-hydrogen) atoms. The molecule has 2 aliphatic rings. The predicted molar refractivity (Wildman–Crippen MR) is 505 cm³/mol. The summed E-state index contributed by atoms with van der Waals surface area (Å²) in [6.07, 6.45) is 0. The quantitative estimate of drug-likeness (QED) is 0.127. The van der Waals surface area contributed by atoms with E-state index >= 15 is 0 Å². The summed E-state index contributed by atoms with van der Waals surface area (Å²) in [6, 6.07) is 65.2. The first-order chi connectivity index (χ1) is 65.4. The van der Waals surface area contributed by atoms with Crippen molar-refractivity contribution in [2.24, 2.45) is 0 Å². The van der Waals surface area contributed by atoms with Crippen LogP contribution in [0, 0.1) is 0 Å². The molecule has 0 amide bonds. The minimum atomic E-state index is -1.47. The van der Waals surface area contributed by atoms with E-state index in [0.29, 0.717) is 61.6 Å². The van der Waals surface area contributed by atoms with Crippen LogP contribution in [0.5, 0.6) is 0 Å². The van der Waals surface area contributed by atoms with Crippen molar-refractivity contribution in [3.8, 4) is 72.7 Å². The molecule has 5 nitrogen and oxygen atoms in total. The summed E-state index contributed by atoms with van der Waals surface area (Å²) in [5.41, 5.74) is 13.7. The molecule has 0 aliphatic carbocycles. The number of fused-ring (bicyclic) bond motifs is 13. The summed E-state index contributed by atoms with van der Waals surface area (Å²) < 4.78 is 205. The van der Waals surface area contributed by atoms with Gasteiger partial charge in [0.25, 0.3) is 6.71 Å². The molecular weight excluding hydrogens is 1430 g/mol. The lowest BCUT2D eigenvalue weighted by atomic mass is 9.33. The van der Waals surface area contributed by atoms with E-state index in [9.17, 15) is 27.4 Å². The highest BCUT2D eigenvalue weighted by Crippen LogP contribution is 2.56. The Balaban J connectivity index is 1.02. The molecule has 0 bridgehead atoms. The molecule has 0 N–H and O–H groups in total. The summed E-state index contributed by atoms with van der Waals surface area (Å²) in [6.45, 7) is 24.3. The number of hydrogen-bond donors (Lipinski definition) is 0. The van der Waals surface area contributed by atoms with Crippen LogP contribution in [0.4, 0.5) is 34.1 Å². The van der Waals surface area contributed by atoms with Gasteiger partial charge >= 0.3 is 0 Å². The Kier molecular flexibility index (Phi) is 12.3. The van der Waals surface area contributed by atoms with Crippen molar-refractivity contribution in [2.45, 2.75) is 105 Å². The smallest absolute Gasteiger partial charge is 0.252 e. The van der Waals surface area contributed by atoms with Crippen molar-refractivity contribution < 1.29 is 27.4 Å². The standard InChI is InChI=1S/C112H94BN5/c1-109(2,3)77-53-44-71(45-54-77)84-35-26-36-85(72-46-55-78(56-47-72)110(4,5)6)107(84)117-102-69-82(115-96-39-21-16-30-88(96)89-31-17-22-40-97(89)115)61-63-94(102)113-95-64-62-83(116-98-41-23-18-32-90(98)91-33-19-24-42-99(91)116)70-103(95)118(108-86(73-48-57-79(58-49-73)111(7,8)9)37-27-38-87(108)74-50-59-80(60-51-74)112(10,11)12)105-68-76(67-104(117)106(105)113)75-52-65-101-93(66-75)92-34-20-25-43-100(92)114(101)81-28-14-13-15-29-81/h13-70H,1-12H3/i16D,17D,18D,19D,21D,22D,23D,24D,30D,31D,32D,33D,39D,40D,41D,42D,61D,62D,63D,64D. The van der Waals surface area contributed by atoms with Crippen molar-refractivity contribution in [3.05, 3.63) is 374 Å². The summed E-state index contributed by atoms with van der Waals surface area (Å²) >= 11 is 0. The van der Waals surface area contributed by atoms with Gasteiger partial charge in [0.15, 0.2) is 0 Å². The van der Waals surface area contributed by atoms with Crippen LogP contribution in [-0.4, -0.2) is 20.4 Å². The van der Waals surface area contributed by atoms with Gasteiger partial charge in [-0.3, -0.25) is 0 Å². The number of nitrogens with zero attached hydrogens (tertiary/aromatic N) is 5. The maximum absolute atomic E-state index is 11.7. The molecular formula is C112H94BN5. The first kappa shape index (κ1) is 53.7. The SMILES string of the molecule is [2H]c1c(-n2c3c([2H])c([2H])c([2H])c([2H])c3c3c([2H])c([2H])c([2H])c([2H])c32)cc2c(c1[2H])B1c3c(cc(-c4ccc5c(c4)c4ccccc4n5-c4ccccc4)cc3N(c3c(-c4ccc(C(C)(C)C)cc4)cccc3-c3ccc(C(C)(C)C)cc3)c3cc(-n4c5c([2H])c([2H])c([2H])c([2H])c5c5c([2H])c([2H])c([2H])c([2H])c54)c([2H])c([2H])c31)N2c1c(-c2ccc(C(C)(C)C)cc2)cccc1-c1ccc(C(C)(C)C)cc1. The highest BCUT2D eigenvalue weighted by Gasteiger charge is 2.46. The predicted octanol–water partition coefficient (Wildman–Crippen LogP) is 28.6. The van der Waals surface area contributed by atoms with Gasteiger partial charge in [0.05, 0.1) is 71.9 Å². The third kappa shape index (κ3) is 11.7. The molecule has 570 valence electrons. The molecule has 0 unspecified atom stereocenters. The minimum Gasteiger partial charge on any atom is -0.310 e. The molecule has 5 heterocycles. The number of anilines is 6. The average Bonchev–Trinajstić information content (AvgIpc) is 1.10. The molecule has 21 rings (SSSR count). The van der Waals surface area contributed by atoms with Crippen molar-refractivity contribution >= 4 is 123 Å². The zero-order valence-corrected chi connectivity index (χ0v) is 67.8. The Morgan fingerprint density at radius 1 is 0.237 bits per heavy atom. The summed E-state index contributed by atoms with van der Waals surface area (Å²) in [4.78, 5) is 4.19. The first-order valence-electron chi connectivity index (χ1n) is 50.3. The molecule has 0 saturated heterocycles.